The van der Waals surface area contributed by atoms with E-state index < -0.39 is 66.9 Å². The molecule has 0 aromatic carbocycles. The van der Waals surface area contributed by atoms with Crippen LogP contribution in [0.2, 0.25) is 0 Å². The van der Waals surface area contributed by atoms with E-state index in [9.17, 15) is 46.8 Å². The number of rotatable bonds is 2. The molecule has 0 amide bonds. The molecule has 2 aliphatic rings. The number of hydrogen-bond acceptors (Lipinski definition) is 4. The van der Waals surface area contributed by atoms with Crippen LogP contribution in [0.25, 0.3) is 0 Å². The minimum Gasteiger partial charge on any atom is -0.365 e. The third kappa shape index (κ3) is 3.26. The molecule has 0 aromatic rings. The molecule has 0 spiro atoms. The lowest BCUT2D eigenvalue weighted by Crippen LogP contribution is -2.69. The Kier molecular flexibility index (Phi) is 5.18. The second-order valence-corrected chi connectivity index (χ2v) is 7.22. The zero-order chi connectivity index (χ0) is 19.3. The van der Waals surface area contributed by atoms with Crippen LogP contribution in [0.4, 0.5) is 26.3 Å². The summed E-state index contributed by atoms with van der Waals surface area (Å²) in [5.74, 6) is -11.7. The maximum absolute atomic E-state index is 14.0. The third-order valence-corrected chi connectivity index (χ3v) is 5.73. The maximum Gasteiger partial charge on any atom is 0.404 e. The van der Waals surface area contributed by atoms with Crippen molar-refractivity contribution in [2.45, 2.75) is 75.3 Å². The van der Waals surface area contributed by atoms with Gasteiger partial charge in [-0.25, -0.2) is 0 Å². The molecule has 0 radical (unpaired) electrons. The summed E-state index contributed by atoms with van der Waals surface area (Å²) >= 11 is 0. The maximum atomic E-state index is 14.0. The second-order valence-electron chi connectivity index (χ2n) is 7.22. The number of alkyl halides is 6. The normalized spacial score (nSPS) is 31.0. The molecule has 10 heteroatoms. The molecule has 4 nitrogen and oxygen atoms in total. The Labute approximate surface area is 140 Å². The summed E-state index contributed by atoms with van der Waals surface area (Å²) in [6.45, 7) is 0. The number of aliphatic hydroxyl groups is 4. The first kappa shape index (κ1) is 20.7. The highest BCUT2D eigenvalue weighted by atomic mass is 19.4. The van der Waals surface area contributed by atoms with E-state index in [1.165, 1.54) is 0 Å². The van der Waals surface area contributed by atoms with Gasteiger partial charge < -0.3 is 20.4 Å². The molecular formula is C15H22F6O4. The van der Waals surface area contributed by atoms with Crippen LogP contribution in [0.5, 0.6) is 0 Å². The van der Waals surface area contributed by atoms with Gasteiger partial charge in [0.05, 0.1) is 0 Å². The second kappa shape index (κ2) is 6.24. The van der Waals surface area contributed by atoms with E-state index in [0.29, 0.717) is 0 Å². The van der Waals surface area contributed by atoms with E-state index in [1.807, 2.05) is 0 Å². The van der Waals surface area contributed by atoms with Crippen LogP contribution in [0.15, 0.2) is 0 Å². The molecule has 0 saturated heterocycles. The Morgan fingerprint density at radius 1 is 0.600 bits per heavy atom. The highest BCUT2D eigenvalue weighted by molar-refractivity contribution is 5.10. The lowest BCUT2D eigenvalue weighted by Gasteiger charge is -2.56. The predicted molar refractivity (Wildman–Crippen MR) is 72.8 cm³/mol. The average Bonchev–Trinajstić information content (AvgIpc) is 2.39. The molecule has 0 aromatic heterocycles. The fourth-order valence-corrected chi connectivity index (χ4v) is 4.66. The Bertz CT molecular complexity index is 441. The van der Waals surface area contributed by atoms with Crippen LogP contribution in [-0.4, -0.2) is 44.4 Å². The van der Waals surface area contributed by atoms with E-state index in [2.05, 4.69) is 0 Å². The van der Waals surface area contributed by atoms with Crippen molar-refractivity contribution in [3.8, 4) is 0 Å². The standard InChI is InChI=1S/C15H22F6O4/c16-14(17,18)13(15(19,20)21,9-5-1-3-7-11(9,22)23)10-6-2-4-8-12(10,24)25/h9-10,22-25H,1-8H2. The van der Waals surface area contributed by atoms with Crippen molar-refractivity contribution in [2.24, 2.45) is 17.3 Å². The molecule has 2 rings (SSSR count). The average molecular weight is 380 g/mol. The van der Waals surface area contributed by atoms with Crippen molar-refractivity contribution in [1.29, 1.82) is 0 Å². The van der Waals surface area contributed by atoms with Crippen LogP contribution in [0, 0.1) is 17.3 Å². The molecule has 148 valence electrons. The molecule has 2 saturated carbocycles. The van der Waals surface area contributed by atoms with Gasteiger partial charge in [-0.05, 0) is 25.7 Å². The van der Waals surface area contributed by atoms with Crippen molar-refractivity contribution < 1.29 is 46.8 Å². The van der Waals surface area contributed by atoms with E-state index in [4.69, 9.17) is 0 Å². The van der Waals surface area contributed by atoms with Gasteiger partial charge in [-0.2, -0.15) is 26.3 Å². The largest absolute Gasteiger partial charge is 0.404 e. The first-order valence-electron chi connectivity index (χ1n) is 8.21. The summed E-state index contributed by atoms with van der Waals surface area (Å²) in [7, 11) is 0. The molecular weight excluding hydrogens is 358 g/mol. The fraction of sp³-hybridized carbons (Fsp3) is 1.00. The van der Waals surface area contributed by atoms with Gasteiger partial charge in [0, 0.05) is 24.7 Å². The summed E-state index contributed by atoms with van der Waals surface area (Å²) in [6, 6.07) is 0. The van der Waals surface area contributed by atoms with Crippen molar-refractivity contribution in [3.63, 3.8) is 0 Å². The van der Waals surface area contributed by atoms with Gasteiger partial charge in [0.1, 0.15) is 0 Å². The topological polar surface area (TPSA) is 80.9 Å². The minimum absolute atomic E-state index is 0.0436. The molecule has 2 unspecified atom stereocenters. The van der Waals surface area contributed by atoms with Crippen molar-refractivity contribution in [2.75, 3.05) is 0 Å². The zero-order valence-electron chi connectivity index (χ0n) is 13.4. The third-order valence-electron chi connectivity index (χ3n) is 5.73. The highest BCUT2D eigenvalue weighted by Gasteiger charge is 2.81. The van der Waals surface area contributed by atoms with Crippen molar-refractivity contribution in [3.05, 3.63) is 0 Å². The molecule has 0 bridgehead atoms. The summed E-state index contributed by atoms with van der Waals surface area (Å²) in [6.07, 6.45) is -14.5. The lowest BCUT2D eigenvalue weighted by molar-refractivity contribution is -0.437. The summed E-state index contributed by atoms with van der Waals surface area (Å²) in [5, 5.41) is 40.0. The lowest BCUT2D eigenvalue weighted by atomic mass is 9.54. The number of hydrogen-bond donors (Lipinski definition) is 4. The first-order chi connectivity index (χ1) is 11.2. The van der Waals surface area contributed by atoms with Crippen LogP contribution in [-0.2, 0) is 0 Å². The van der Waals surface area contributed by atoms with Gasteiger partial charge in [0.25, 0.3) is 0 Å². The Morgan fingerprint density at radius 2 is 0.920 bits per heavy atom. The predicted octanol–water partition coefficient (Wildman–Crippen LogP) is 2.84. The number of halogens is 6. The van der Waals surface area contributed by atoms with Gasteiger partial charge in [-0.3, -0.25) is 0 Å². The van der Waals surface area contributed by atoms with Gasteiger partial charge in [-0.1, -0.05) is 12.8 Å². The van der Waals surface area contributed by atoms with Crippen molar-refractivity contribution >= 4 is 0 Å². The van der Waals surface area contributed by atoms with Crippen molar-refractivity contribution in [1.82, 2.24) is 0 Å². The summed E-state index contributed by atoms with van der Waals surface area (Å²) in [4.78, 5) is 0. The molecule has 2 aliphatic carbocycles. The van der Waals surface area contributed by atoms with Crippen LogP contribution >= 0.6 is 0 Å². The Morgan fingerprint density at radius 3 is 1.16 bits per heavy atom. The molecule has 2 atom stereocenters. The first-order valence-corrected chi connectivity index (χ1v) is 8.21. The van der Waals surface area contributed by atoms with Gasteiger partial charge >= 0.3 is 12.4 Å². The van der Waals surface area contributed by atoms with E-state index in [-0.39, 0.29) is 25.7 Å². The van der Waals surface area contributed by atoms with E-state index in [1.54, 1.807) is 0 Å². The van der Waals surface area contributed by atoms with E-state index in [0.717, 1.165) is 0 Å². The minimum atomic E-state index is -5.94. The van der Waals surface area contributed by atoms with Gasteiger partial charge in [0.2, 0.25) is 0 Å². The van der Waals surface area contributed by atoms with Crippen LogP contribution < -0.4 is 0 Å². The molecule has 0 heterocycles. The Hall–Kier alpha value is -0.580. The quantitative estimate of drug-likeness (QED) is 0.439. The van der Waals surface area contributed by atoms with Crippen LogP contribution in [0.1, 0.15) is 51.4 Å². The SMILES string of the molecule is OC1(O)CCCCC1C(C1CCCCC1(O)O)(C(F)(F)F)C(F)(F)F. The van der Waals surface area contributed by atoms with E-state index >= 15 is 0 Å². The fourth-order valence-electron chi connectivity index (χ4n) is 4.66. The molecule has 4 N–H and O–H groups in total. The smallest absolute Gasteiger partial charge is 0.365 e. The molecule has 2 fully saturated rings. The Balaban J connectivity index is 2.74. The molecule has 0 aliphatic heterocycles. The van der Waals surface area contributed by atoms with Gasteiger partial charge in [-0.15, -0.1) is 0 Å². The monoisotopic (exact) mass is 380 g/mol. The van der Waals surface area contributed by atoms with Crippen LogP contribution in [0.3, 0.4) is 0 Å². The summed E-state index contributed by atoms with van der Waals surface area (Å²) in [5.41, 5.74) is -4.62. The molecule has 25 heavy (non-hydrogen) atoms. The summed E-state index contributed by atoms with van der Waals surface area (Å²) < 4.78 is 83.8. The van der Waals surface area contributed by atoms with Gasteiger partial charge in [0.15, 0.2) is 17.0 Å². The zero-order valence-corrected chi connectivity index (χ0v) is 13.4. The highest BCUT2D eigenvalue weighted by Crippen LogP contribution is 2.67.